The molecule has 0 aromatic heterocycles. The molecule has 3 unspecified atom stereocenters. The standard InChI is InChI=1S/C19H27FN2O/c1-12(16-7-2-3-8-17(16)20)9-18(23)22-19-13-5-4-6-14(19)11-15(21)10-13/h2-3,7-8,12-15,19H,4-6,9-11,21H2,1H3,(H,22,23). The van der Waals surface area contributed by atoms with Gasteiger partial charge in [0.1, 0.15) is 5.82 Å². The van der Waals surface area contributed by atoms with Crippen LogP contribution in [0.3, 0.4) is 0 Å². The van der Waals surface area contributed by atoms with Gasteiger partial charge in [0.25, 0.3) is 0 Å². The summed E-state index contributed by atoms with van der Waals surface area (Å²) in [5.74, 6) is 0.740. The van der Waals surface area contributed by atoms with Gasteiger partial charge < -0.3 is 11.1 Å². The van der Waals surface area contributed by atoms with Gasteiger partial charge >= 0.3 is 0 Å². The van der Waals surface area contributed by atoms with E-state index in [9.17, 15) is 9.18 Å². The molecule has 0 radical (unpaired) electrons. The molecule has 2 bridgehead atoms. The van der Waals surface area contributed by atoms with Crippen LogP contribution in [0, 0.1) is 17.7 Å². The average Bonchev–Trinajstić information content (AvgIpc) is 2.48. The summed E-state index contributed by atoms with van der Waals surface area (Å²) in [7, 11) is 0. The van der Waals surface area contributed by atoms with Gasteiger partial charge in [0.05, 0.1) is 0 Å². The maximum Gasteiger partial charge on any atom is 0.220 e. The fourth-order valence-electron chi connectivity index (χ4n) is 4.53. The molecule has 3 nitrogen and oxygen atoms in total. The highest BCUT2D eigenvalue weighted by Crippen LogP contribution is 2.39. The number of carbonyl (C=O) groups excluding carboxylic acids is 1. The van der Waals surface area contributed by atoms with Gasteiger partial charge in [-0.15, -0.1) is 0 Å². The van der Waals surface area contributed by atoms with E-state index in [-0.39, 0.29) is 29.7 Å². The number of halogens is 1. The second kappa shape index (κ2) is 7.00. The number of amides is 1. The number of benzene rings is 1. The summed E-state index contributed by atoms with van der Waals surface area (Å²) < 4.78 is 13.8. The zero-order chi connectivity index (χ0) is 16.4. The van der Waals surface area contributed by atoms with Crippen LogP contribution in [0.2, 0.25) is 0 Å². The van der Waals surface area contributed by atoms with E-state index in [0.29, 0.717) is 23.8 Å². The van der Waals surface area contributed by atoms with Gasteiger partial charge in [-0.05, 0) is 55.1 Å². The van der Waals surface area contributed by atoms with Gasteiger partial charge in [-0.1, -0.05) is 31.5 Å². The maximum absolute atomic E-state index is 13.8. The smallest absolute Gasteiger partial charge is 0.220 e. The summed E-state index contributed by atoms with van der Waals surface area (Å²) in [6.07, 6.45) is 5.95. The first-order valence-corrected chi connectivity index (χ1v) is 8.84. The SMILES string of the molecule is CC(CC(=O)NC1C2CCCC1CC(N)C2)c1ccccc1F. The predicted molar refractivity (Wildman–Crippen MR) is 89.4 cm³/mol. The highest BCUT2D eigenvalue weighted by atomic mass is 19.1. The Labute approximate surface area is 137 Å². The maximum atomic E-state index is 13.8. The summed E-state index contributed by atoms with van der Waals surface area (Å²) >= 11 is 0. The van der Waals surface area contributed by atoms with Crippen molar-refractivity contribution in [3.8, 4) is 0 Å². The van der Waals surface area contributed by atoms with Gasteiger partial charge in [-0.25, -0.2) is 4.39 Å². The Bertz CT molecular complexity index is 548. The minimum atomic E-state index is -0.228. The van der Waals surface area contributed by atoms with Gasteiger partial charge in [0.15, 0.2) is 0 Å². The lowest BCUT2D eigenvalue weighted by Gasteiger charge is -2.45. The lowest BCUT2D eigenvalue weighted by Crippen LogP contribution is -2.53. The van der Waals surface area contributed by atoms with E-state index in [0.717, 1.165) is 25.7 Å². The summed E-state index contributed by atoms with van der Waals surface area (Å²) in [6.45, 7) is 1.91. The van der Waals surface area contributed by atoms with E-state index in [1.807, 2.05) is 13.0 Å². The first-order chi connectivity index (χ1) is 11.0. The molecule has 0 spiro atoms. The van der Waals surface area contributed by atoms with E-state index >= 15 is 0 Å². The van der Waals surface area contributed by atoms with Crippen LogP contribution in [0.5, 0.6) is 0 Å². The number of nitrogens with one attached hydrogen (secondary N) is 1. The van der Waals surface area contributed by atoms with Gasteiger partial charge in [0, 0.05) is 18.5 Å². The molecule has 0 saturated heterocycles. The lowest BCUT2D eigenvalue weighted by molar-refractivity contribution is -0.123. The van der Waals surface area contributed by atoms with Crippen molar-refractivity contribution in [1.29, 1.82) is 0 Å². The average molecular weight is 318 g/mol. The number of hydrogen-bond donors (Lipinski definition) is 2. The minimum absolute atomic E-state index is 0.0399. The minimum Gasteiger partial charge on any atom is -0.353 e. The van der Waals surface area contributed by atoms with Crippen LogP contribution in [0.4, 0.5) is 4.39 Å². The second-order valence-electron chi connectivity index (χ2n) is 7.40. The van der Waals surface area contributed by atoms with Crippen molar-refractivity contribution in [1.82, 2.24) is 5.32 Å². The molecule has 1 amide bonds. The van der Waals surface area contributed by atoms with E-state index < -0.39 is 0 Å². The van der Waals surface area contributed by atoms with Crippen LogP contribution >= 0.6 is 0 Å². The summed E-state index contributed by atoms with van der Waals surface area (Å²) in [5, 5.41) is 3.24. The summed E-state index contributed by atoms with van der Waals surface area (Å²) in [6, 6.07) is 7.27. The van der Waals surface area contributed by atoms with Crippen LogP contribution in [0.1, 0.15) is 56.9 Å². The third-order valence-electron chi connectivity index (χ3n) is 5.63. The molecule has 1 aromatic rings. The molecule has 3 atom stereocenters. The number of rotatable bonds is 4. The van der Waals surface area contributed by atoms with Crippen molar-refractivity contribution < 1.29 is 9.18 Å². The third-order valence-corrected chi connectivity index (χ3v) is 5.63. The number of hydrogen-bond acceptors (Lipinski definition) is 2. The number of fused-ring (bicyclic) bond motifs is 2. The molecule has 1 aromatic carbocycles. The van der Waals surface area contributed by atoms with Crippen molar-refractivity contribution >= 4 is 5.91 Å². The van der Waals surface area contributed by atoms with Crippen molar-refractivity contribution in [3.05, 3.63) is 35.6 Å². The Morgan fingerprint density at radius 3 is 2.61 bits per heavy atom. The van der Waals surface area contributed by atoms with E-state index in [1.165, 1.54) is 12.5 Å². The van der Waals surface area contributed by atoms with Crippen molar-refractivity contribution in [2.75, 3.05) is 0 Å². The van der Waals surface area contributed by atoms with Gasteiger partial charge in [-0.3, -0.25) is 4.79 Å². The largest absolute Gasteiger partial charge is 0.353 e. The predicted octanol–water partition coefficient (Wildman–Crippen LogP) is 3.34. The van der Waals surface area contributed by atoms with Crippen molar-refractivity contribution in [3.63, 3.8) is 0 Å². The molecule has 2 fully saturated rings. The number of nitrogens with two attached hydrogens (primary N) is 1. The highest BCUT2D eigenvalue weighted by molar-refractivity contribution is 5.77. The molecule has 0 aliphatic heterocycles. The Morgan fingerprint density at radius 2 is 1.96 bits per heavy atom. The molecule has 4 heteroatoms. The molecule has 2 aliphatic carbocycles. The Kier molecular flexibility index (Phi) is 5.00. The molecule has 0 heterocycles. The molecule has 2 saturated carbocycles. The van der Waals surface area contributed by atoms with E-state index in [4.69, 9.17) is 5.73 Å². The van der Waals surface area contributed by atoms with Crippen molar-refractivity contribution in [2.45, 2.75) is 63.5 Å². The molecule has 3 N–H and O–H groups in total. The number of carbonyl (C=O) groups is 1. The zero-order valence-electron chi connectivity index (χ0n) is 13.8. The Balaban J connectivity index is 1.60. The third kappa shape index (κ3) is 3.74. The van der Waals surface area contributed by atoms with E-state index in [2.05, 4.69) is 5.32 Å². The molecule has 2 aliphatic rings. The molecule has 3 rings (SSSR count). The Hall–Kier alpha value is -1.42. The molecular weight excluding hydrogens is 291 g/mol. The van der Waals surface area contributed by atoms with Crippen LogP contribution in [0.25, 0.3) is 0 Å². The quantitative estimate of drug-likeness (QED) is 0.894. The van der Waals surface area contributed by atoms with Crippen LogP contribution in [-0.4, -0.2) is 18.0 Å². The van der Waals surface area contributed by atoms with Crippen LogP contribution in [-0.2, 0) is 4.79 Å². The first kappa shape index (κ1) is 16.4. The highest BCUT2D eigenvalue weighted by Gasteiger charge is 2.39. The summed E-state index contributed by atoms with van der Waals surface area (Å²) in [5.41, 5.74) is 6.76. The van der Waals surface area contributed by atoms with Gasteiger partial charge in [-0.2, -0.15) is 0 Å². The molecular formula is C19H27FN2O. The van der Waals surface area contributed by atoms with Crippen LogP contribution in [0.15, 0.2) is 24.3 Å². The van der Waals surface area contributed by atoms with E-state index in [1.54, 1.807) is 12.1 Å². The first-order valence-electron chi connectivity index (χ1n) is 8.84. The fraction of sp³-hybridized carbons (Fsp3) is 0.632. The summed E-state index contributed by atoms with van der Waals surface area (Å²) in [4.78, 5) is 12.5. The van der Waals surface area contributed by atoms with Crippen molar-refractivity contribution in [2.24, 2.45) is 17.6 Å². The lowest BCUT2D eigenvalue weighted by atomic mass is 9.67. The fourth-order valence-corrected chi connectivity index (χ4v) is 4.53. The monoisotopic (exact) mass is 318 g/mol. The van der Waals surface area contributed by atoms with Gasteiger partial charge in [0.2, 0.25) is 5.91 Å². The molecule has 23 heavy (non-hydrogen) atoms. The zero-order valence-corrected chi connectivity index (χ0v) is 13.8. The molecule has 126 valence electrons. The Morgan fingerprint density at radius 1 is 1.30 bits per heavy atom. The normalized spacial score (nSPS) is 31.4. The van der Waals surface area contributed by atoms with Crippen LogP contribution < -0.4 is 11.1 Å². The topological polar surface area (TPSA) is 55.1 Å². The second-order valence-corrected chi connectivity index (χ2v) is 7.40.